The number of ether oxygens (including phenoxy) is 2. The van der Waals surface area contributed by atoms with Gasteiger partial charge >= 0.3 is 5.91 Å². The zero-order valence-electron chi connectivity index (χ0n) is 24.9. The van der Waals surface area contributed by atoms with Gasteiger partial charge in [-0.3, -0.25) is 14.5 Å². The van der Waals surface area contributed by atoms with Crippen molar-refractivity contribution >= 4 is 45.7 Å². The van der Waals surface area contributed by atoms with Crippen molar-refractivity contribution < 1.29 is 28.6 Å². The Kier molecular flexibility index (Phi) is 9.18. The molecule has 45 heavy (non-hydrogen) atoms. The summed E-state index contributed by atoms with van der Waals surface area (Å²) in [6, 6.07) is 17.8. The molecular weight excluding hydrogens is 614 g/mol. The lowest BCUT2D eigenvalue weighted by atomic mass is 9.94. The monoisotopic (exact) mass is 645 g/mol. The fourth-order valence-electron chi connectivity index (χ4n) is 5.47. The highest BCUT2D eigenvalue weighted by atomic mass is 32.2. The second kappa shape index (κ2) is 13.4. The molecule has 11 heteroatoms. The number of hydrogen-bond donors (Lipinski definition) is 1. The fourth-order valence-corrected chi connectivity index (χ4v) is 7.29. The minimum atomic E-state index is -0.962. The summed E-state index contributed by atoms with van der Waals surface area (Å²) in [5.41, 5.74) is 2.81. The number of nitrogens with zero attached hydrogens (tertiary/aromatic N) is 3. The number of benzene rings is 3. The number of ketones is 1. The predicted octanol–water partition coefficient (Wildman–Crippen LogP) is 7.49. The Hall–Kier alpha value is -4.22. The SMILES string of the molecule is CCCCCOc1cccc([C@@H]2C(=C(O)c3ccc4c(c3)C[C@@H](C)O4)C(=O)C(=O)N2c2nnc(SCc3ccc(F)cc3)s2)c1. The normalized spacial score (nSPS) is 18.7. The van der Waals surface area contributed by atoms with E-state index in [9.17, 15) is 19.1 Å². The van der Waals surface area contributed by atoms with Gasteiger partial charge in [-0.25, -0.2) is 4.39 Å². The molecule has 1 aromatic heterocycles. The van der Waals surface area contributed by atoms with Crippen LogP contribution in [0.5, 0.6) is 11.5 Å². The summed E-state index contributed by atoms with van der Waals surface area (Å²) in [7, 11) is 0. The molecule has 6 rings (SSSR count). The van der Waals surface area contributed by atoms with Crippen LogP contribution in [0.3, 0.4) is 0 Å². The number of aliphatic hydroxyl groups is 1. The molecule has 4 aromatic rings. The number of anilines is 1. The zero-order valence-corrected chi connectivity index (χ0v) is 26.5. The van der Waals surface area contributed by atoms with Crippen molar-refractivity contribution in [2.24, 2.45) is 0 Å². The number of carbonyl (C=O) groups excluding carboxylic acids is 2. The topological polar surface area (TPSA) is 102 Å². The third-order valence-electron chi connectivity index (χ3n) is 7.68. The first-order valence-corrected chi connectivity index (χ1v) is 16.7. The average Bonchev–Trinajstić information content (AvgIpc) is 3.73. The maximum atomic E-state index is 13.7. The summed E-state index contributed by atoms with van der Waals surface area (Å²) in [5.74, 6) is -0.333. The van der Waals surface area contributed by atoms with E-state index >= 15 is 0 Å². The number of Topliss-reactive ketones (excluding diaryl/α,β-unsaturated/α-hetero) is 1. The van der Waals surface area contributed by atoms with Crippen LogP contribution in [0.15, 0.2) is 76.6 Å². The van der Waals surface area contributed by atoms with E-state index in [0.717, 1.165) is 36.1 Å². The van der Waals surface area contributed by atoms with Gasteiger partial charge in [-0.2, -0.15) is 0 Å². The minimum Gasteiger partial charge on any atom is -0.507 e. The molecule has 3 aromatic carbocycles. The second-order valence-electron chi connectivity index (χ2n) is 11.0. The number of thioether (sulfide) groups is 1. The number of hydrogen-bond acceptors (Lipinski definition) is 9. The summed E-state index contributed by atoms with van der Waals surface area (Å²) < 4.78 is 25.7. The summed E-state index contributed by atoms with van der Waals surface area (Å²) in [6.45, 7) is 4.63. The van der Waals surface area contributed by atoms with Crippen molar-refractivity contribution in [2.75, 3.05) is 11.5 Å². The van der Waals surface area contributed by atoms with Crippen molar-refractivity contribution in [1.82, 2.24) is 10.2 Å². The largest absolute Gasteiger partial charge is 0.507 e. The molecule has 3 heterocycles. The molecule has 1 N–H and O–H groups in total. The van der Waals surface area contributed by atoms with Crippen LogP contribution in [0.2, 0.25) is 0 Å². The Morgan fingerprint density at radius 3 is 2.73 bits per heavy atom. The molecule has 1 amide bonds. The summed E-state index contributed by atoms with van der Waals surface area (Å²) in [6.07, 6.45) is 3.70. The molecule has 0 unspecified atom stereocenters. The number of halogens is 1. The minimum absolute atomic E-state index is 0.00979. The lowest BCUT2D eigenvalue weighted by Crippen LogP contribution is -2.29. The van der Waals surface area contributed by atoms with Gasteiger partial charge in [-0.15, -0.1) is 10.2 Å². The predicted molar refractivity (Wildman–Crippen MR) is 172 cm³/mol. The molecule has 0 saturated carbocycles. The van der Waals surface area contributed by atoms with Crippen LogP contribution in [0, 0.1) is 5.82 Å². The van der Waals surface area contributed by atoms with Gasteiger partial charge in [-0.1, -0.05) is 67.1 Å². The summed E-state index contributed by atoms with van der Waals surface area (Å²) in [5, 5.41) is 20.4. The lowest BCUT2D eigenvalue weighted by Gasteiger charge is -2.23. The number of aromatic nitrogens is 2. The van der Waals surface area contributed by atoms with E-state index < -0.39 is 17.7 Å². The van der Waals surface area contributed by atoms with E-state index in [2.05, 4.69) is 17.1 Å². The molecular formula is C34H32FN3O5S2. The van der Waals surface area contributed by atoms with Crippen LogP contribution < -0.4 is 14.4 Å². The van der Waals surface area contributed by atoms with Crippen LogP contribution in [0.25, 0.3) is 5.76 Å². The maximum Gasteiger partial charge on any atom is 0.301 e. The molecule has 232 valence electrons. The molecule has 8 nitrogen and oxygen atoms in total. The van der Waals surface area contributed by atoms with Gasteiger partial charge in [0.15, 0.2) is 4.34 Å². The maximum absolute atomic E-state index is 13.7. The van der Waals surface area contributed by atoms with E-state index in [-0.39, 0.29) is 28.4 Å². The Bertz CT molecular complexity index is 1760. The number of fused-ring (bicyclic) bond motifs is 1. The van der Waals surface area contributed by atoms with Gasteiger partial charge in [0.2, 0.25) is 5.13 Å². The molecule has 2 aliphatic rings. The Morgan fingerprint density at radius 2 is 1.93 bits per heavy atom. The number of rotatable bonds is 11. The summed E-state index contributed by atoms with van der Waals surface area (Å²) >= 11 is 2.57. The van der Waals surface area contributed by atoms with Crippen molar-refractivity contribution in [3.05, 3.63) is 100 Å². The molecule has 1 fully saturated rings. The first kappa shape index (κ1) is 30.8. The van der Waals surface area contributed by atoms with Crippen LogP contribution in [0.4, 0.5) is 9.52 Å². The highest BCUT2D eigenvalue weighted by Gasteiger charge is 2.48. The molecule has 2 aliphatic heterocycles. The standard InChI is InChI=1S/C34H32FN3O5S2/c1-3-4-5-15-42-26-8-6-7-22(18-26)29-28(30(39)23-11-14-27-24(17-23)16-20(2)43-27)31(40)32(41)38(29)33-36-37-34(45-33)44-19-21-9-12-25(35)13-10-21/h6-14,17-18,20,29,39H,3-5,15-16,19H2,1-2H3/t20-,29-/m1/s1. The highest BCUT2D eigenvalue weighted by molar-refractivity contribution is 8.00. The molecule has 0 aliphatic carbocycles. The Balaban J connectivity index is 1.37. The average molecular weight is 646 g/mol. The van der Waals surface area contributed by atoms with Crippen molar-refractivity contribution in [3.63, 3.8) is 0 Å². The third-order valence-corrected chi connectivity index (χ3v) is 9.81. The smallest absolute Gasteiger partial charge is 0.301 e. The van der Waals surface area contributed by atoms with E-state index in [1.54, 1.807) is 42.5 Å². The first-order chi connectivity index (χ1) is 21.8. The van der Waals surface area contributed by atoms with E-state index in [4.69, 9.17) is 9.47 Å². The zero-order chi connectivity index (χ0) is 31.5. The number of amides is 1. The summed E-state index contributed by atoms with van der Waals surface area (Å²) in [4.78, 5) is 28.7. The van der Waals surface area contributed by atoms with E-state index in [0.29, 0.717) is 40.0 Å². The van der Waals surface area contributed by atoms with Crippen LogP contribution in [0.1, 0.15) is 61.4 Å². The van der Waals surface area contributed by atoms with Gasteiger partial charge in [0.05, 0.1) is 18.2 Å². The molecule has 1 saturated heterocycles. The van der Waals surface area contributed by atoms with Crippen molar-refractivity contribution in [2.45, 2.75) is 61.8 Å². The molecule has 0 bridgehead atoms. The second-order valence-corrected chi connectivity index (χ2v) is 13.2. The first-order valence-electron chi connectivity index (χ1n) is 14.9. The van der Waals surface area contributed by atoms with Gasteiger partial charge in [0, 0.05) is 17.7 Å². The number of aliphatic hydroxyl groups excluding tert-OH is 1. The van der Waals surface area contributed by atoms with Crippen molar-refractivity contribution in [1.29, 1.82) is 0 Å². The molecule has 2 atom stereocenters. The van der Waals surface area contributed by atoms with Gasteiger partial charge in [0.1, 0.15) is 29.2 Å². The fraction of sp³-hybridized carbons (Fsp3) is 0.294. The lowest BCUT2D eigenvalue weighted by molar-refractivity contribution is -0.132. The number of carbonyl (C=O) groups is 2. The van der Waals surface area contributed by atoms with Gasteiger partial charge in [0.25, 0.3) is 5.78 Å². The Morgan fingerprint density at radius 1 is 1.11 bits per heavy atom. The quantitative estimate of drug-likeness (QED) is 0.0447. The Labute approximate surface area is 268 Å². The van der Waals surface area contributed by atoms with E-state index in [1.165, 1.54) is 40.1 Å². The van der Waals surface area contributed by atoms with Crippen molar-refractivity contribution in [3.8, 4) is 11.5 Å². The van der Waals surface area contributed by atoms with Gasteiger partial charge < -0.3 is 14.6 Å². The van der Waals surface area contributed by atoms with Gasteiger partial charge in [-0.05, 0) is 72.5 Å². The van der Waals surface area contributed by atoms with Crippen LogP contribution >= 0.6 is 23.1 Å². The number of unbranched alkanes of at least 4 members (excludes halogenated alkanes) is 2. The van der Waals surface area contributed by atoms with Crippen LogP contribution in [-0.2, 0) is 21.8 Å². The molecule has 0 radical (unpaired) electrons. The molecule has 0 spiro atoms. The van der Waals surface area contributed by atoms with Crippen LogP contribution in [-0.4, -0.2) is 39.7 Å². The third kappa shape index (κ3) is 6.60. The highest BCUT2D eigenvalue weighted by Crippen LogP contribution is 2.45. The van der Waals surface area contributed by atoms with E-state index in [1.807, 2.05) is 19.1 Å².